The zero-order valence-corrected chi connectivity index (χ0v) is 8.88. The molecule has 0 saturated carbocycles. The molecule has 0 N–H and O–H groups in total. The van der Waals surface area contributed by atoms with Gasteiger partial charge in [0.1, 0.15) is 5.82 Å². The van der Waals surface area contributed by atoms with Crippen molar-refractivity contribution < 1.29 is 4.39 Å². The van der Waals surface area contributed by atoms with Gasteiger partial charge >= 0.3 is 0 Å². The van der Waals surface area contributed by atoms with Crippen LogP contribution in [0.5, 0.6) is 0 Å². The molecule has 76 valence electrons. The summed E-state index contributed by atoms with van der Waals surface area (Å²) in [5.41, 5.74) is 1.23. The Kier molecular flexibility index (Phi) is 3.35. The molecule has 0 aliphatic rings. The van der Waals surface area contributed by atoms with Crippen molar-refractivity contribution >= 4 is 11.8 Å². The van der Waals surface area contributed by atoms with Crippen molar-refractivity contribution in [3.63, 3.8) is 0 Å². The highest BCUT2D eigenvalue weighted by atomic mass is 32.2. The maximum atomic E-state index is 12.8. The molecule has 0 amide bonds. The molecular formula is C12H10FNS. The number of aromatic nitrogens is 1. The lowest BCUT2D eigenvalue weighted by Crippen LogP contribution is -1.82. The Morgan fingerprint density at radius 2 is 1.93 bits per heavy atom. The van der Waals surface area contributed by atoms with Crippen LogP contribution in [0.15, 0.2) is 53.7 Å². The van der Waals surface area contributed by atoms with Gasteiger partial charge in [-0.25, -0.2) is 4.39 Å². The molecule has 0 fully saturated rings. The molecule has 0 aliphatic heterocycles. The highest BCUT2D eigenvalue weighted by molar-refractivity contribution is 7.98. The summed E-state index contributed by atoms with van der Waals surface area (Å²) in [6.45, 7) is 0. The van der Waals surface area contributed by atoms with E-state index in [2.05, 4.69) is 17.1 Å². The molecular weight excluding hydrogens is 209 g/mol. The number of thioether (sulfide) groups is 1. The van der Waals surface area contributed by atoms with Crippen LogP contribution in [0.1, 0.15) is 5.56 Å². The van der Waals surface area contributed by atoms with Crippen LogP contribution < -0.4 is 0 Å². The number of nitrogens with zero attached hydrogens (tertiary/aromatic N) is 1. The number of hydrogen-bond acceptors (Lipinski definition) is 2. The van der Waals surface area contributed by atoms with Gasteiger partial charge in [-0.05, 0) is 11.6 Å². The average molecular weight is 219 g/mol. The molecule has 0 atom stereocenters. The van der Waals surface area contributed by atoms with Gasteiger partial charge in [0.15, 0.2) is 0 Å². The van der Waals surface area contributed by atoms with Crippen LogP contribution in [0.4, 0.5) is 4.39 Å². The first kappa shape index (κ1) is 10.2. The van der Waals surface area contributed by atoms with E-state index in [1.165, 1.54) is 17.8 Å². The molecule has 3 heteroatoms. The SMILES string of the molecule is Fc1cncc(SCc2ccccc2)c1. The Hall–Kier alpha value is -1.35. The summed E-state index contributed by atoms with van der Waals surface area (Å²) >= 11 is 1.59. The van der Waals surface area contributed by atoms with Crippen LogP contribution in [-0.4, -0.2) is 4.98 Å². The largest absolute Gasteiger partial charge is 0.261 e. The van der Waals surface area contributed by atoms with Crippen molar-refractivity contribution in [1.29, 1.82) is 0 Å². The van der Waals surface area contributed by atoms with E-state index in [-0.39, 0.29) is 5.82 Å². The second-order valence-corrected chi connectivity index (χ2v) is 4.16. The fourth-order valence-electron chi connectivity index (χ4n) is 1.21. The second kappa shape index (κ2) is 4.94. The van der Waals surface area contributed by atoms with Gasteiger partial charge in [-0.3, -0.25) is 4.98 Å². The molecule has 0 bridgehead atoms. The van der Waals surface area contributed by atoms with E-state index in [0.29, 0.717) is 0 Å². The van der Waals surface area contributed by atoms with Crippen molar-refractivity contribution in [2.75, 3.05) is 0 Å². The van der Waals surface area contributed by atoms with Gasteiger partial charge in [-0.2, -0.15) is 0 Å². The van der Waals surface area contributed by atoms with E-state index in [1.807, 2.05) is 18.2 Å². The van der Waals surface area contributed by atoms with E-state index in [1.54, 1.807) is 18.0 Å². The minimum Gasteiger partial charge on any atom is -0.261 e. The lowest BCUT2D eigenvalue weighted by Gasteiger charge is -2.01. The maximum absolute atomic E-state index is 12.8. The minimum atomic E-state index is -0.284. The standard InChI is InChI=1S/C12H10FNS/c13-11-6-12(8-14-7-11)15-9-10-4-2-1-3-5-10/h1-8H,9H2. The summed E-state index contributed by atoms with van der Waals surface area (Å²) in [5, 5.41) is 0. The Morgan fingerprint density at radius 1 is 1.13 bits per heavy atom. The van der Waals surface area contributed by atoms with Crippen LogP contribution in [0.2, 0.25) is 0 Å². The molecule has 0 radical (unpaired) electrons. The third-order valence-electron chi connectivity index (χ3n) is 1.93. The van der Waals surface area contributed by atoms with E-state index in [0.717, 1.165) is 10.6 Å². The van der Waals surface area contributed by atoms with Crippen LogP contribution in [-0.2, 0) is 5.75 Å². The van der Waals surface area contributed by atoms with Crippen molar-refractivity contribution in [1.82, 2.24) is 4.98 Å². The predicted octanol–water partition coefficient (Wildman–Crippen LogP) is 3.51. The Morgan fingerprint density at radius 3 is 2.67 bits per heavy atom. The normalized spacial score (nSPS) is 10.2. The molecule has 2 aromatic rings. The van der Waals surface area contributed by atoms with Crippen LogP contribution in [0.25, 0.3) is 0 Å². The summed E-state index contributed by atoms with van der Waals surface area (Å²) in [4.78, 5) is 4.66. The molecule has 0 saturated heterocycles. The fraction of sp³-hybridized carbons (Fsp3) is 0.0833. The topological polar surface area (TPSA) is 12.9 Å². The number of pyridine rings is 1. The first-order valence-corrected chi connectivity index (χ1v) is 5.60. The zero-order valence-electron chi connectivity index (χ0n) is 8.06. The first-order valence-electron chi connectivity index (χ1n) is 4.62. The van der Waals surface area contributed by atoms with Crippen molar-refractivity contribution in [2.45, 2.75) is 10.6 Å². The van der Waals surface area contributed by atoms with E-state index < -0.39 is 0 Å². The van der Waals surface area contributed by atoms with Crippen molar-refractivity contribution in [2.24, 2.45) is 0 Å². The highest BCUT2D eigenvalue weighted by Crippen LogP contribution is 2.21. The number of hydrogen-bond donors (Lipinski definition) is 0. The van der Waals surface area contributed by atoms with E-state index in [9.17, 15) is 4.39 Å². The highest BCUT2D eigenvalue weighted by Gasteiger charge is 1.97. The number of rotatable bonds is 3. The molecule has 1 aromatic heterocycles. The van der Waals surface area contributed by atoms with Gasteiger partial charge in [0.2, 0.25) is 0 Å². The number of halogens is 1. The second-order valence-electron chi connectivity index (χ2n) is 3.11. The average Bonchev–Trinajstić information content (AvgIpc) is 2.28. The predicted molar refractivity (Wildman–Crippen MR) is 60.2 cm³/mol. The van der Waals surface area contributed by atoms with Crippen LogP contribution in [0, 0.1) is 5.82 Å². The fourth-order valence-corrected chi connectivity index (χ4v) is 2.07. The summed E-state index contributed by atoms with van der Waals surface area (Å²) in [7, 11) is 0. The van der Waals surface area contributed by atoms with Gasteiger partial charge in [0.25, 0.3) is 0 Å². The van der Waals surface area contributed by atoms with Gasteiger partial charge in [-0.15, -0.1) is 11.8 Å². The molecule has 1 heterocycles. The Balaban J connectivity index is 1.99. The third-order valence-corrected chi connectivity index (χ3v) is 2.96. The zero-order chi connectivity index (χ0) is 10.5. The summed E-state index contributed by atoms with van der Waals surface area (Å²) in [5.74, 6) is 0.555. The third kappa shape index (κ3) is 3.06. The molecule has 0 unspecified atom stereocenters. The first-order chi connectivity index (χ1) is 7.34. The Labute approximate surface area is 92.4 Å². The Bertz CT molecular complexity index is 431. The lowest BCUT2D eigenvalue weighted by atomic mass is 10.2. The monoisotopic (exact) mass is 219 g/mol. The van der Waals surface area contributed by atoms with Crippen LogP contribution >= 0.6 is 11.8 Å². The van der Waals surface area contributed by atoms with Gasteiger partial charge in [0.05, 0.1) is 6.20 Å². The number of benzene rings is 1. The van der Waals surface area contributed by atoms with E-state index >= 15 is 0 Å². The van der Waals surface area contributed by atoms with Gasteiger partial charge in [-0.1, -0.05) is 30.3 Å². The minimum absolute atomic E-state index is 0.284. The van der Waals surface area contributed by atoms with Crippen LogP contribution in [0.3, 0.4) is 0 Å². The van der Waals surface area contributed by atoms with Crippen molar-refractivity contribution in [3.8, 4) is 0 Å². The van der Waals surface area contributed by atoms with E-state index in [4.69, 9.17) is 0 Å². The molecule has 1 aromatic carbocycles. The van der Waals surface area contributed by atoms with Gasteiger partial charge < -0.3 is 0 Å². The summed E-state index contributed by atoms with van der Waals surface area (Å²) in [6, 6.07) is 11.6. The maximum Gasteiger partial charge on any atom is 0.142 e. The molecule has 0 spiro atoms. The quantitative estimate of drug-likeness (QED) is 0.733. The molecule has 0 aliphatic carbocycles. The smallest absolute Gasteiger partial charge is 0.142 e. The molecule has 15 heavy (non-hydrogen) atoms. The molecule has 2 rings (SSSR count). The molecule has 1 nitrogen and oxygen atoms in total. The summed E-state index contributed by atoms with van der Waals surface area (Å²) in [6.07, 6.45) is 2.89. The summed E-state index contributed by atoms with van der Waals surface area (Å²) < 4.78 is 12.8. The lowest BCUT2D eigenvalue weighted by molar-refractivity contribution is 0.617. The van der Waals surface area contributed by atoms with Gasteiger partial charge in [0, 0.05) is 16.8 Å². The van der Waals surface area contributed by atoms with Crippen molar-refractivity contribution in [3.05, 3.63) is 60.2 Å².